The van der Waals surface area contributed by atoms with Crippen LogP contribution >= 0.6 is 15.9 Å². The Hall–Kier alpha value is -1.13. The van der Waals surface area contributed by atoms with E-state index in [2.05, 4.69) is 38.5 Å². The summed E-state index contributed by atoms with van der Waals surface area (Å²) in [6.45, 7) is 1.85. The molecule has 0 saturated carbocycles. The third-order valence-electron chi connectivity index (χ3n) is 2.97. The zero-order chi connectivity index (χ0) is 11.1. The third kappa shape index (κ3) is 1.49. The minimum atomic E-state index is 0.922. The summed E-state index contributed by atoms with van der Waals surface area (Å²) in [6.07, 6.45) is 0. The van der Waals surface area contributed by atoms with Gasteiger partial charge < -0.3 is 5.32 Å². The highest BCUT2D eigenvalue weighted by Crippen LogP contribution is 2.29. The first-order chi connectivity index (χ1) is 7.75. The molecular formula is C12H12BrN3. The molecule has 0 aliphatic carbocycles. The first kappa shape index (κ1) is 10.1. The molecule has 1 aliphatic heterocycles. The number of nitrogens with zero attached hydrogens (tertiary/aromatic N) is 2. The molecule has 82 valence electrons. The Kier molecular flexibility index (Phi) is 2.33. The SMILES string of the molecule is Cn1nc(-c2cccc(Br)c2)c2c1CNC2. The Labute approximate surface area is 103 Å². The molecular weight excluding hydrogens is 266 g/mol. The fourth-order valence-electron chi connectivity index (χ4n) is 2.18. The van der Waals surface area contributed by atoms with Crippen LogP contribution < -0.4 is 5.32 Å². The zero-order valence-electron chi connectivity index (χ0n) is 9.00. The molecule has 1 aromatic carbocycles. The lowest BCUT2D eigenvalue weighted by Gasteiger charge is -2.00. The Morgan fingerprint density at radius 1 is 1.38 bits per heavy atom. The lowest BCUT2D eigenvalue weighted by atomic mass is 10.1. The van der Waals surface area contributed by atoms with Gasteiger partial charge in [0.2, 0.25) is 0 Å². The van der Waals surface area contributed by atoms with Gasteiger partial charge in [-0.05, 0) is 12.1 Å². The maximum atomic E-state index is 4.60. The van der Waals surface area contributed by atoms with Crippen molar-refractivity contribution < 1.29 is 0 Å². The predicted octanol–water partition coefficient (Wildman–Crippen LogP) is 2.45. The first-order valence-electron chi connectivity index (χ1n) is 5.27. The topological polar surface area (TPSA) is 29.9 Å². The number of nitrogens with one attached hydrogen (secondary N) is 1. The third-order valence-corrected chi connectivity index (χ3v) is 3.46. The molecule has 16 heavy (non-hydrogen) atoms. The Balaban J connectivity index is 2.17. The smallest absolute Gasteiger partial charge is 0.0971 e. The van der Waals surface area contributed by atoms with Crippen LogP contribution in [0.5, 0.6) is 0 Å². The lowest BCUT2D eigenvalue weighted by molar-refractivity contribution is 0.671. The van der Waals surface area contributed by atoms with Crippen LogP contribution in [-0.2, 0) is 20.1 Å². The first-order valence-corrected chi connectivity index (χ1v) is 6.06. The molecule has 3 rings (SSSR count). The van der Waals surface area contributed by atoms with Gasteiger partial charge >= 0.3 is 0 Å². The number of fused-ring (bicyclic) bond motifs is 1. The maximum Gasteiger partial charge on any atom is 0.0971 e. The van der Waals surface area contributed by atoms with Crippen LogP contribution in [-0.4, -0.2) is 9.78 Å². The van der Waals surface area contributed by atoms with Crippen LogP contribution in [0.2, 0.25) is 0 Å². The molecule has 3 nitrogen and oxygen atoms in total. The summed E-state index contributed by atoms with van der Waals surface area (Å²) < 4.78 is 3.07. The summed E-state index contributed by atoms with van der Waals surface area (Å²) in [7, 11) is 2.01. The van der Waals surface area contributed by atoms with Gasteiger partial charge in [-0.3, -0.25) is 4.68 Å². The second-order valence-corrected chi connectivity index (χ2v) is 4.93. The van der Waals surface area contributed by atoms with Crippen molar-refractivity contribution in [1.82, 2.24) is 15.1 Å². The van der Waals surface area contributed by atoms with Gasteiger partial charge in [0, 0.05) is 35.7 Å². The molecule has 1 aromatic heterocycles. The quantitative estimate of drug-likeness (QED) is 0.868. The second-order valence-electron chi connectivity index (χ2n) is 4.01. The Bertz CT molecular complexity index is 545. The van der Waals surface area contributed by atoms with E-state index in [1.54, 1.807) is 0 Å². The number of rotatable bonds is 1. The summed E-state index contributed by atoms with van der Waals surface area (Å²) in [5.41, 5.74) is 4.91. The minimum absolute atomic E-state index is 0.922. The van der Waals surface area contributed by atoms with Crippen LogP contribution in [0.3, 0.4) is 0 Å². The molecule has 4 heteroatoms. The van der Waals surface area contributed by atoms with Crippen molar-refractivity contribution in [2.45, 2.75) is 13.1 Å². The monoisotopic (exact) mass is 277 g/mol. The minimum Gasteiger partial charge on any atom is -0.307 e. The number of aryl methyl sites for hydroxylation is 1. The number of benzene rings is 1. The number of hydrogen-bond acceptors (Lipinski definition) is 2. The van der Waals surface area contributed by atoms with Crippen LogP contribution in [0.15, 0.2) is 28.7 Å². The van der Waals surface area contributed by atoms with Crippen molar-refractivity contribution >= 4 is 15.9 Å². The normalized spacial score (nSPS) is 14.1. The zero-order valence-corrected chi connectivity index (χ0v) is 10.6. The largest absolute Gasteiger partial charge is 0.307 e. The molecule has 0 amide bonds. The lowest BCUT2D eigenvalue weighted by Crippen LogP contribution is -2.06. The van der Waals surface area contributed by atoms with Gasteiger partial charge in [-0.25, -0.2) is 0 Å². The predicted molar refractivity (Wildman–Crippen MR) is 66.9 cm³/mol. The van der Waals surface area contributed by atoms with Gasteiger partial charge in [0.15, 0.2) is 0 Å². The second kappa shape index (κ2) is 3.71. The number of hydrogen-bond donors (Lipinski definition) is 1. The molecule has 0 spiro atoms. The average molecular weight is 278 g/mol. The molecule has 0 saturated heterocycles. The molecule has 0 fully saturated rings. The van der Waals surface area contributed by atoms with Gasteiger partial charge in [0.05, 0.1) is 11.4 Å². The molecule has 2 heterocycles. The molecule has 0 bridgehead atoms. The standard InChI is InChI=1S/C12H12BrN3/c1-16-11-7-14-6-10(11)12(15-16)8-3-2-4-9(13)5-8/h2-5,14H,6-7H2,1H3. The van der Waals surface area contributed by atoms with Crippen molar-refractivity contribution in [3.8, 4) is 11.3 Å². The van der Waals surface area contributed by atoms with Crippen molar-refractivity contribution in [3.63, 3.8) is 0 Å². The van der Waals surface area contributed by atoms with Crippen molar-refractivity contribution in [2.75, 3.05) is 0 Å². The van der Waals surface area contributed by atoms with Gasteiger partial charge in [-0.2, -0.15) is 5.10 Å². The summed E-state index contributed by atoms with van der Waals surface area (Å²) >= 11 is 3.50. The van der Waals surface area contributed by atoms with Gasteiger partial charge in [0.25, 0.3) is 0 Å². The Morgan fingerprint density at radius 3 is 3.06 bits per heavy atom. The summed E-state index contributed by atoms with van der Waals surface area (Å²) in [5, 5.41) is 7.96. The van der Waals surface area contributed by atoms with Crippen LogP contribution in [0, 0.1) is 0 Å². The highest BCUT2D eigenvalue weighted by atomic mass is 79.9. The molecule has 0 atom stereocenters. The molecule has 2 aromatic rings. The highest BCUT2D eigenvalue weighted by Gasteiger charge is 2.21. The summed E-state index contributed by atoms with van der Waals surface area (Å²) in [5.74, 6) is 0. The van der Waals surface area contributed by atoms with E-state index >= 15 is 0 Å². The van der Waals surface area contributed by atoms with E-state index < -0.39 is 0 Å². The van der Waals surface area contributed by atoms with Gasteiger partial charge in [-0.1, -0.05) is 28.1 Å². The van der Waals surface area contributed by atoms with E-state index in [4.69, 9.17) is 0 Å². The molecule has 0 radical (unpaired) electrons. The summed E-state index contributed by atoms with van der Waals surface area (Å²) in [4.78, 5) is 0. The number of aromatic nitrogens is 2. The van der Waals surface area contributed by atoms with Crippen LogP contribution in [0.1, 0.15) is 11.3 Å². The van der Waals surface area contributed by atoms with Gasteiger partial charge in [-0.15, -0.1) is 0 Å². The fraction of sp³-hybridized carbons (Fsp3) is 0.250. The van der Waals surface area contributed by atoms with Crippen molar-refractivity contribution in [3.05, 3.63) is 40.0 Å². The van der Waals surface area contributed by atoms with Crippen LogP contribution in [0.4, 0.5) is 0 Å². The maximum absolute atomic E-state index is 4.60. The van der Waals surface area contributed by atoms with E-state index in [9.17, 15) is 0 Å². The molecule has 0 unspecified atom stereocenters. The van der Waals surface area contributed by atoms with E-state index in [0.29, 0.717) is 0 Å². The summed E-state index contributed by atoms with van der Waals surface area (Å²) in [6, 6.07) is 8.29. The van der Waals surface area contributed by atoms with Crippen molar-refractivity contribution in [2.24, 2.45) is 7.05 Å². The van der Waals surface area contributed by atoms with E-state index in [0.717, 1.165) is 23.3 Å². The highest BCUT2D eigenvalue weighted by molar-refractivity contribution is 9.10. The molecule has 1 aliphatic rings. The average Bonchev–Trinajstić information content (AvgIpc) is 2.83. The van der Waals surface area contributed by atoms with E-state index in [-0.39, 0.29) is 0 Å². The van der Waals surface area contributed by atoms with Gasteiger partial charge in [0.1, 0.15) is 0 Å². The van der Waals surface area contributed by atoms with E-state index in [1.165, 1.54) is 16.8 Å². The fourth-order valence-corrected chi connectivity index (χ4v) is 2.58. The number of halogens is 1. The Morgan fingerprint density at radius 2 is 2.25 bits per heavy atom. The van der Waals surface area contributed by atoms with Crippen molar-refractivity contribution in [1.29, 1.82) is 0 Å². The molecule has 1 N–H and O–H groups in total. The van der Waals surface area contributed by atoms with E-state index in [1.807, 2.05) is 23.9 Å². The van der Waals surface area contributed by atoms with Crippen LogP contribution in [0.25, 0.3) is 11.3 Å².